The van der Waals surface area contributed by atoms with Crippen molar-refractivity contribution in [2.24, 2.45) is 11.8 Å². The lowest BCUT2D eigenvalue weighted by Gasteiger charge is -2.16. The third-order valence-electron chi connectivity index (χ3n) is 2.73. The molecular formula is C13H22BrNS. The molecule has 1 aromatic rings. The largest absolute Gasteiger partial charge is 0.316 e. The van der Waals surface area contributed by atoms with Gasteiger partial charge in [-0.05, 0) is 58.7 Å². The Bertz CT molecular complexity index is 296. The van der Waals surface area contributed by atoms with Gasteiger partial charge in [-0.2, -0.15) is 0 Å². The molecule has 1 nitrogen and oxygen atoms in total. The standard InChI is InChI=1S/C13H22BrNS/c1-4-11(9-15-8-10(2)3)7-13-12(14)5-6-16-13/h5-6,10-11,15H,4,7-9H2,1-3H3. The predicted molar refractivity (Wildman–Crippen MR) is 77.2 cm³/mol. The highest BCUT2D eigenvalue weighted by Crippen LogP contribution is 2.26. The highest BCUT2D eigenvalue weighted by atomic mass is 79.9. The van der Waals surface area contributed by atoms with Crippen molar-refractivity contribution < 1.29 is 0 Å². The fraction of sp³-hybridized carbons (Fsp3) is 0.692. The van der Waals surface area contributed by atoms with E-state index in [-0.39, 0.29) is 0 Å². The van der Waals surface area contributed by atoms with Crippen LogP contribution >= 0.6 is 27.3 Å². The van der Waals surface area contributed by atoms with E-state index in [1.54, 1.807) is 0 Å². The maximum Gasteiger partial charge on any atom is 0.0314 e. The Hall–Kier alpha value is 0.140. The van der Waals surface area contributed by atoms with Crippen molar-refractivity contribution in [2.75, 3.05) is 13.1 Å². The monoisotopic (exact) mass is 303 g/mol. The van der Waals surface area contributed by atoms with Crippen LogP contribution in [0.3, 0.4) is 0 Å². The summed E-state index contributed by atoms with van der Waals surface area (Å²) in [6, 6.07) is 2.15. The van der Waals surface area contributed by atoms with Gasteiger partial charge in [-0.15, -0.1) is 11.3 Å². The van der Waals surface area contributed by atoms with E-state index < -0.39 is 0 Å². The number of rotatable bonds is 7. The Kier molecular flexibility index (Phi) is 6.62. The van der Waals surface area contributed by atoms with Gasteiger partial charge < -0.3 is 5.32 Å². The lowest BCUT2D eigenvalue weighted by molar-refractivity contribution is 0.439. The average molecular weight is 304 g/mol. The van der Waals surface area contributed by atoms with Crippen molar-refractivity contribution in [3.8, 4) is 0 Å². The molecule has 1 rings (SSSR count). The van der Waals surface area contributed by atoms with Gasteiger partial charge in [0, 0.05) is 9.35 Å². The molecule has 1 N–H and O–H groups in total. The summed E-state index contributed by atoms with van der Waals surface area (Å²) in [6.45, 7) is 9.05. The van der Waals surface area contributed by atoms with Gasteiger partial charge in [0.2, 0.25) is 0 Å². The van der Waals surface area contributed by atoms with Crippen LogP contribution in [-0.2, 0) is 6.42 Å². The summed E-state index contributed by atoms with van der Waals surface area (Å²) in [6.07, 6.45) is 2.44. The zero-order valence-electron chi connectivity index (χ0n) is 10.4. The summed E-state index contributed by atoms with van der Waals surface area (Å²) in [5, 5.41) is 5.72. The van der Waals surface area contributed by atoms with Crippen molar-refractivity contribution in [1.29, 1.82) is 0 Å². The van der Waals surface area contributed by atoms with Crippen LogP contribution in [0.2, 0.25) is 0 Å². The van der Waals surface area contributed by atoms with Crippen molar-refractivity contribution >= 4 is 27.3 Å². The first-order valence-corrected chi connectivity index (χ1v) is 7.73. The lowest BCUT2D eigenvalue weighted by atomic mass is 10.0. The maximum absolute atomic E-state index is 3.61. The van der Waals surface area contributed by atoms with Gasteiger partial charge in [0.25, 0.3) is 0 Å². The Morgan fingerprint density at radius 3 is 2.62 bits per heavy atom. The molecule has 0 saturated heterocycles. The van der Waals surface area contributed by atoms with E-state index in [0.717, 1.165) is 24.9 Å². The quantitative estimate of drug-likeness (QED) is 0.791. The van der Waals surface area contributed by atoms with Gasteiger partial charge in [-0.1, -0.05) is 27.2 Å². The maximum atomic E-state index is 3.61. The van der Waals surface area contributed by atoms with Crippen LogP contribution in [0, 0.1) is 11.8 Å². The summed E-state index contributed by atoms with van der Waals surface area (Å²) < 4.78 is 1.28. The molecule has 92 valence electrons. The highest BCUT2D eigenvalue weighted by Gasteiger charge is 2.10. The first-order chi connectivity index (χ1) is 7.63. The Balaban J connectivity index is 2.35. The van der Waals surface area contributed by atoms with E-state index in [1.807, 2.05) is 11.3 Å². The van der Waals surface area contributed by atoms with Crippen molar-refractivity contribution in [3.05, 3.63) is 20.8 Å². The zero-order chi connectivity index (χ0) is 12.0. The van der Waals surface area contributed by atoms with Gasteiger partial charge in [-0.3, -0.25) is 0 Å². The summed E-state index contributed by atoms with van der Waals surface area (Å²) >= 11 is 5.46. The topological polar surface area (TPSA) is 12.0 Å². The molecule has 3 heteroatoms. The Morgan fingerprint density at radius 1 is 1.38 bits per heavy atom. The van der Waals surface area contributed by atoms with E-state index in [9.17, 15) is 0 Å². The zero-order valence-corrected chi connectivity index (χ0v) is 12.8. The molecule has 0 bridgehead atoms. The number of halogens is 1. The Morgan fingerprint density at radius 2 is 2.12 bits per heavy atom. The summed E-state index contributed by atoms with van der Waals surface area (Å²) in [5.41, 5.74) is 0. The molecule has 0 radical (unpaired) electrons. The first-order valence-electron chi connectivity index (χ1n) is 6.06. The molecule has 0 aliphatic carbocycles. The third kappa shape index (κ3) is 4.98. The molecule has 0 aliphatic rings. The minimum atomic E-state index is 0.742. The predicted octanol–water partition coefficient (Wildman–Crippen LogP) is 4.32. The minimum absolute atomic E-state index is 0.742. The molecule has 0 fully saturated rings. The SMILES string of the molecule is CCC(CNCC(C)C)Cc1sccc1Br. The van der Waals surface area contributed by atoms with E-state index in [4.69, 9.17) is 0 Å². The number of thiophene rings is 1. The fourth-order valence-electron chi connectivity index (χ4n) is 1.67. The van der Waals surface area contributed by atoms with Crippen LogP contribution in [0.4, 0.5) is 0 Å². The molecule has 1 aromatic heterocycles. The van der Waals surface area contributed by atoms with Crippen molar-refractivity contribution in [1.82, 2.24) is 5.32 Å². The lowest BCUT2D eigenvalue weighted by Crippen LogP contribution is -2.27. The van der Waals surface area contributed by atoms with Gasteiger partial charge >= 0.3 is 0 Å². The molecule has 1 atom stereocenters. The minimum Gasteiger partial charge on any atom is -0.316 e. The van der Waals surface area contributed by atoms with Gasteiger partial charge in [0.1, 0.15) is 0 Å². The molecule has 0 amide bonds. The second kappa shape index (κ2) is 7.46. The van der Waals surface area contributed by atoms with E-state index >= 15 is 0 Å². The fourth-order valence-corrected chi connectivity index (χ4v) is 3.30. The average Bonchev–Trinajstić information content (AvgIpc) is 2.62. The number of hydrogen-bond donors (Lipinski definition) is 1. The molecule has 16 heavy (non-hydrogen) atoms. The van der Waals surface area contributed by atoms with Crippen LogP contribution in [0.1, 0.15) is 32.1 Å². The summed E-state index contributed by atoms with van der Waals surface area (Å²) in [5.74, 6) is 1.50. The van der Waals surface area contributed by atoms with E-state index in [1.165, 1.54) is 22.2 Å². The molecule has 1 heterocycles. The van der Waals surface area contributed by atoms with Crippen LogP contribution in [-0.4, -0.2) is 13.1 Å². The molecule has 0 aromatic carbocycles. The third-order valence-corrected chi connectivity index (χ3v) is 4.68. The van der Waals surface area contributed by atoms with Crippen molar-refractivity contribution in [3.63, 3.8) is 0 Å². The second-order valence-corrected chi connectivity index (χ2v) is 6.58. The highest BCUT2D eigenvalue weighted by molar-refractivity contribution is 9.10. The first kappa shape index (κ1) is 14.2. The molecule has 1 unspecified atom stereocenters. The molecule has 0 spiro atoms. The van der Waals surface area contributed by atoms with E-state index in [0.29, 0.717) is 0 Å². The smallest absolute Gasteiger partial charge is 0.0314 e. The summed E-state index contributed by atoms with van der Waals surface area (Å²) in [4.78, 5) is 1.48. The van der Waals surface area contributed by atoms with Crippen LogP contribution in [0.25, 0.3) is 0 Å². The molecular weight excluding hydrogens is 282 g/mol. The van der Waals surface area contributed by atoms with Crippen LogP contribution in [0.5, 0.6) is 0 Å². The van der Waals surface area contributed by atoms with Crippen LogP contribution < -0.4 is 5.32 Å². The van der Waals surface area contributed by atoms with Gasteiger partial charge in [0.15, 0.2) is 0 Å². The number of nitrogens with one attached hydrogen (secondary N) is 1. The van der Waals surface area contributed by atoms with Crippen LogP contribution in [0.15, 0.2) is 15.9 Å². The van der Waals surface area contributed by atoms with Gasteiger partial charge in [0.05, 0.1) is 0 Å². The van der Waals surface area contributed by atoms with E-state index in [2.05, 4.69) is 53.5 Å². The Labute approximate surface area is 112 Å². The van der Waals surface area contributed by atoms with Crippen molar-refractivity contribution in [2.45, 2.75) is 33.6 Å². The second-order valence-electron chi connectivity index (χ2n) is 4.72. The normalized spacial score (nSPS) is 13.3. The van der Waals surface area contributed by atoms with Gasteiger partial charge in [-0.25, -0.2) is 0 Å². The summed E-state index contributed by atoms with van der Waals surface area (Å²) in [7, 11) is 0. The number of hydrogen-bond acceptors (Lipinski definition) is 2. The molecule has 0 aliphatic heterocycles. The molecule has 0 saturated carbocycles.